The molecule has 0 radical (unpaired) electrons. The van der Waals surface area contributed by atoms with Crippen molar-refractivity contribution in [1.29, 1.82) is 0 Å². The van der Waals surface area contributed by atoms with Gasteiger partial charge in [0.15, 0.2) is 34.8 Å². The van der Waals surface area contributed by atoms with Crippen LogP contribution in [0.4, 0.5) is 11.9 Å². The number of hydroxylamine groups is 2. The topological polar surface area (TPSA) is 428 Å². The Kier molecular flexibility index (Phi) is 18.8. The minimum Gasteiger partial charge on any atom is -0.386 e. The summed E-state index contributed by atoms with van der Waals surface area (Å²) in [6.07, 6.45) is -8.28. The largest absolute Gasteiger partial charge is 0.386 e. The Bertz CT molecular complexity index is 2910. The fourth-order valence-corrected chi connectivity index (χ4v) is 10.9. The number of hydrogen-bond donors (Lipinski definition) is 8. The van der Waals surface area contributed by atoms with E-state index in [0.29, 0.717) is 5.06 Å². The zero-order valence-electron chi connectivity index (χ0n) is 39.3. The molecule has 0 saturated carbocycles. The van der Waals surface area contributed by atoms with Crippen LogP contribution >= 0.6 is 38.1 Å². The van der Waals surface area contributed by atoms with Crippen LogP contribution in [0, 0.1) is 0 Å². The van der Waals surface area contributed by atoms with Crippen molar-refractivity contribution in [2.45, 2.75) is 74.7 Å². The Balaban J connectivity index is 0.812. The van der Waals surface area contributed by atoms with E-state index in [0.717, 1.165) is 6.33 Å². The van der Waals surface area contributed by atoms with Gasteiger partial charge < -0.3 is 59.9 Å². The van der Waals surface area contributed by atoms with Gasteiger partial charge in [0.2, 0.25) is 17.8 Å². The lowest BCUT2D eigenvalue weighted by Gasteiger charge is -2.30. The molecule has 37 heteroatoms. The number of amides is 3. The number of nitrogens with one attached hydrogen (secondary N) is 3. The van der Waals surface area contributed by atoms with Crippen LogP contribution in [-0.4, -0.2) is 189 Å². The maximum Gasteiger partial charge on any atom is 0.386 e. The molecule has 0 bridgehead atoms. The predicted octanol–water partition coefficient (Wildman–Crippen LogP) is -1.58. The fraction of sp³-hybridized carbons (Fsp3) is 0.632. The molecule has 4 unspecified atom stereocenters. The fourth-order valence-electron chi connectivity index (χ4n) is 7.94. The highest BCUT2D eigenvalue weighted by atomic mass is 32.7. The highest BCUT2D eigenvalue weighted by molar-refractivity contribution is 8.44. The first-order chi connectivity index (χ1) is 35.9. The maximum atomic E-state index is 14.1. The van der Waals surface area contributed by atoms with Crippen LogP contribution in [0.2, 0.25) is 0 Å². The van der Waals surface area contributed by atoms with Gasteiger partial charge >= 0.3 is 19.6 Å². The van der Waals surface area contributed by atoms with Gasteiger partial charge in [-0.25, -0.2) is 23.9 Å². The van der Waals surface area contributed by atoms with Crippen molar-refractivity contribution in [2.24, 2.45) is 0 Å². The number of ether oxygens (including phenoxy) is 7. The summed E-state index contributed by atoms with van der Waals surface area (Å²) < 4.78 is 93.3. The lowest BCUT2D eigenvalue weighted by Crippen LogP contribution is -2.48. The van der Waals surface area contributed by atoms with Gasteiger partial charge in [0.25, 0.3) is 22.9 Å². The van der Waals surface area contributed by atoms with Gasteiger partial charge in [0.1, 0.15) is 36.6 Å². The molecule has 75 heavy (non-hydrogen) atoms. The summed E-state index contributed by atoms with van der Waals surface area (Å²) in [4.78, 5) is 99.5. The Morgan fingerprint density at radius 1 is 0.693 bits per heavy atom. The molecule has 4 aliphatic heterocycles. The van der Waals surface area contributed by atoms with Crippen LogP contribution in [0.3, 0.4) is 0 Å². The van der Waals surface area contributed by atoms with E-state index in [1.807, 2.05) is 0 Å². The van der Waals surface area contributed by atoms with Crippen LogP contribution in [0.15, 0.2) is 22.2 Å². The highest BCUT2D eigenvalue weighted by Crippen LogP contribution is 2.60. The van der Waals surface area contributed by atoms with Gasteiger partial charge in [0, 0.05) is 19.3 Å². The van der Waals surface area contributed by atoms with E-state index in [4.69, 9.17) is 67.6 Å². The standard InChI is InChI=1S/C38H52N12O21P2S2/c39-37-44-31-26(33(56)46-37)41-17-48(31)35-25(43-21(51)3-5-60-7-9-62-11-13-64-14-12-63-10-8-61-6-4-24(54)69-50-22(52)1-2-23(50)53)29-19(67-35)15-65-73(59,75)71-30-20(16-66-72(58,74)70-29)68-36(28(30)55)49-18-42-27-32(49)45-38(40)47-34(27)57/h17-20,25,28-30,35-36,55H,1-16H2,(H,43,51)(H,58,74)(H,59,75)(H3,39,44,46,56)(H3,40,45,47,57)/t19-,20-,25+,28?,29?,30+,35-,36-,72?,73?/m1/s1. The molecule has 10 atom stereocenters. The van der Waals surface area contributed by atoms with Gasteiger partial charge in [-0.1, -0.05) is 24.5 Å². The molecule has 4 aliphatic rings. The van der Waals surface area contributed by atoms with E-state index >= 15 is 0 Å². The van der Waals surface area contributed by atoms with E-state index in [2.05, 4.69) is 59.7 Å². The number of aliphatic hydroxyl groups is 1. The summed E-state index contributed by atoms with van der Waals surface area (Å²) in [6.45, 7) is -8.81. The van der Waals surface area contributed by atoms with Gasteiger partial charge in [-0.05, 0) is 0 Å². The number of fused-ring (bicyclic) bond motifs is 4. The van der Waals surface area contributed by atoms with Crippen molar-refractivity contribution in [3.05, 3.63) is 33.4 Å². The molecule has 4 aromatic rings. The van der Waals surface area contributed by atoms with E-state index in [1.165, 1.54) is 15.5 Å². The number of carbonyl (C=O) groups is 4. The second-order valence-electron chi connectivity index (χ2n) is 16.5. The van der Waals surface area contributed by atoms with Gasteiger partial charge in [0.05, 0.1) is 98.4 Å². The average Bonchev–Trinajstić information content (AvgIpc) is 4.19. The number of rotatable bonds is 22. The summed E-state index contributed by atoms with van der Waals surface area (Å²) in [5.41, 5.74) is 9.79. The number of anilines is 2. The number of nitrogens with zero attached hydrogens (tertiary/aromatic N) is 7. The van der Waals surface area contributed by atoms with E-state index in [1.54, 1.807) is 0 Å². The molecule has 4 fully saturated rings. The average molecular weight is 1140 g/mol. The van der Waals surface area contributed by atoms with E-state index < -0.39 is 111 Å². The van der Waals surface area contributed by atoms with Crippen LogP contribution in [-0.2, 0) is 84.4 Å². The summed E-state index contributed by atoms with van der Waals surface area (Å²) >= 11 is 8.36. The van der Waals surface area contributed by atoms with Gasteiger partial charge in [-0.15, -0.1) is 5.06 Å². The lowest BCUT2D eigenvalue weighted by molar-refractivity contribution is -0.198. The molecule has 8 N–H and O–H groups in total. The predicted molar refractivity (Wildman–Crippen MR) is 256 cm³/mol. The zero-order valence-corrected chi connectivity index (χ0v) is 42.9. The van der Waals surface area contributed by atoms with Crippen molar-refractivity contribution in [1.82, 2.24) is 49.4 Å². The minimum atomic E-state index is -4.54. The van der Waals surface area contributed by atoms with Crippen molar-refractivity contribution in [3.63, 3.8) is 0 Å². The molecule has 0 aliphatic carbocycles. The number of imidazole rings is 2. The molecule has 4 aromatic heterocycles. The minimum absolute atomic E-state index is 0.00753. The molecule has 0 aromatic carbocycles. The monoisotopic (exact) mass is 1140 g/mol. The van der Waals surface area contributed by atoms with Crippen LogP contribution in [0.1, 0.15) is 38.1 Å². The van der Waals surface area contributed by atoms with E-state index in [9.17, 15) is 43.0 Å². The van der Waals surface area contributed by atoms with Crippen molar-refractivity contribution >= 4 is 96.0 Å². The lowest BCUT2D eigenvalue weighted by atomic mass is 10.1. The normalized spacial score (nSPS) is 28.3. The summed E-state index contributed by atoms with van der Waals surface area (Å²) in [5.74, 6) is -3.04. The maximum absolute atomic E-state index is 14.1. The van der Waals surface area contributed by atoms with Crippen molar-refractivity contribution in [3.8, 4) is 0 Å². The molecule has 8 heterocycles. The second-order valence-corrected chi connectivity index (χ2v) is 22.3. The number of nitrogens with two attached hydrogens (primary N) is 2. The highest BCUT2D eigenvalue weighted by Gasteiger charge is 2.54. The summed E-state index contributed by atoms with van der Waals surface area (Å²) in [5, 5.41) is 14.8. The molecular weight excluding hydrogens is 1090 g/mol. The third-order valence-electron chi connectivity index (χ3n) is 11.4. The molecule has 8 rings (SSSR count). The first-order valence-corrected chi connectivity index (χ1v) is 28.3. The number of aromatic nitrogens is 8. The third kappa shape index (κ3) is 14.2. The molecule has 412 valence electrons. The number of thiol groups is 2. The van der Waals surface area contributed by atoms with Crippen LogP contribution in [0.5, 0.6) is 0 Å². The number of hydrogen-bond acceptors (Lipinski definition) is 27. The van der Waals surface area contributed by atoms with Gasteiger partial charge in [-0.3, -0.25) is 61.2 Å². The van der Waals surface area contributed by atoms with Crippen LogP contribution in [0.25, 0.3) is 22.3 Å². The first kappa shape index (κ1) is 56.3. The molecule has 3 amide bonds. The zero-order chi connectivity index (χ0) is 53.4. The molecule has 4 saturated heterocycles. The summed E-state index contributed by atoms with van der Waals surface area (Å²) in [7, 11) is 0. The summed E-state index contributed by atoms with van der Waals surface area (Å²) in [6, 6.07) is -1.33. The van der Waals surface area contributed by atoms with Crippen molar-refractivity contribution in [2.75, 3.05) is 90.7 Å². The molecule has 0 spiro atoms. The van der Waals surface area contributed by atoms with Gasteiger partial charge in [-0.2, -0.15) is 9.97 Å². The quantitative estimate of drug-likeness (QED) is 0.0191. The molecule has 33 nitrogen and oxygen atoms in total. The van der Waals surface area contributed by atoms with E-state index in [-0.39, 0.29) is 126 Å². The number of carbonyl (C=O) groups excluding carboxylic acids is 4. The third-order valence-corrected chi connectivity index (χ3v) is 14.6. The Morgan fingerprint density at radius 3 is 1.65 bits per heavy atom. The first-order valence-electron chi connectivity index (χ1n) is 22.9. The second kappa shape index (κ2) is 25.0. The SMILES string of the molecule is Nc1nc2c(ncn2[C@@H]2O[C@@H]3COP(=O)(S)OC4[C@@H](COP(=O)(S)O[C@@H]3C2O)O[C@@H](n2cnc3c(=O)[nH]c(N)nc32)[C@H]4NC(=O)CCOCCOCCOCCOCCOCCC(=O)ON2C(=O)CCC2=O)c(=O)[nH]1. The number of H-pyrrole nitrogens is 2. The Hall–Kier alpha value is -4.94. The number of nitrogen functional groups attached to an aromatic ring is 2. The van der Waals surface area contributed by atoms with Crippen molar-refractivity contribution < 1.29 is 89.5 Å². The Morgan fingerprint density at radius 2 is 1.13 bits per heavy atom. The number of aromatic amines is 2. The number of aliphatic hydroxyl groups excluding tert-OH is 1. The Labute approximate surface area is 432 Å². The smallest absolute Gasteiger partial charge is 0.386 e. The number of imide groups is 1. The van der Waals surface area contributed by atoms with Crippen LogP contribution < -0.4 is 27.9 Å². The molecular formula is C38H52N12O21P2S2.